The number of para-hydroxylation sites is 2. The standard InChI is InChI=1S/C39H42ClN3O5/c1-4-23-41(28-17-11-8-12-18-28)35(45)32-33-36(46)43(29(26-44)25-27-15-9-7-10-16-27)34(39(33)22-21-38(32,6-3)48-39)37(47)42(24-5-2)31-20-14-13-19-30(31)40/h4-5,7-20,29,32-34,44H,1-2,6,21-26H2,3H3/t29-,32-,33+,34?,38+,39?/m1/s1. The van der Waals surface area contributed by atoms with Gasteiger partial charge in [-0.05, 0) is 55.5 Å². The van der Waals surface area contributed by atoms with Gasteiger partial charge in [-0.25, -0.2) is 0 Å². The van der Waals surface area contributed by atoms with Crippen molar-refractivity contribution in [1.29, 1.82) is 0 Å². The van der Waals surface area contributed by atoms with Crippen molar-refractivity contribution in [1.82, 2.24) is 4.90 Å². The highest BCUT2D eigenvalue weighted by molar-refractivity contribution is 6.34. The molecular weight excluding hydrogens is 626 g/mol. The van der Waals surface area contributed by atoms with Gasteiger partial charge in [-0.2, -0.15) is 0 Å². The van der Waals surface area contributed by atoms with Crippen LogP contribution in [0.3, 0.4) is 0 Å². The zero-order valence-electron chi connectivity index (χ0n) is 27.2. The third-order valence-corrected chi connectivity index (χ3v) is 10.7. The summed E-state index contributed by atoms with van der Waals surface area (Å²) in [5, 5.41) is 11.3. The van der Waals surface area contributed by atoms with Gasteiger partial charge in [-0.15, -0.1) is 13.2 Å². The van der Waals surface area contributed by atoms with Crippen LogP contribution in [0.25, 0.3) is 0 Å². The van der Waals surface area contributed by atoms with Gasteiger partial charge >= 0.3 is 0 Å². The van der Waals surface area contributed by atoms with Crippen LogP contribution in [-0.2, 0) is 25.5 Å². The monoisotopic (exact) mass is 667 g/mol. The molecule has 2 bridgehead atoms. The maximum Gasteiger partial charge on any atom is 0.253 e. The number of hydrogen-bond donors (Lipinski definition) is 1. The number of anilines is 2. The number of amides is 3. The molecule has 3 saturated heterocycles. The minimum Gasteiger partial charge on any atom is -0.394 e. The summed E-state index contributed by atoms with van der Waals surface area (Å²) < 4.78 is 7.07. The highest BCUT2D eigenvalue weighted by atomic mass is 35.5. The molecule has 1 N–H and O–H groups in total. The molecule has 0 radical (unpaired) electrons. The SMILES string of the molecule is C=CCN(C(=O)[C@H]1[C@H]2C(=O)N([C@@H](CO)Cc3ccccc3)C(C(=O)N(CC=C)c3ccccc3Cl)C23CC[C@]1(CC)O3)c1ccccc1. The van der Waals surface area contributed by atoms with E-state index in [-0.39, 0.29) is 31.5 Å². The van der Waals surface area contributed by atoms with Gasteiger partial charge in [0, 0.05) is 18.8 Å². The number of likely N-dealkylation sites (tertiary alicyclic amines) is 1. The van der Waals surface area contributed by atoms with E-state index in [0.717, 1.165) is 5.56 Å². The van der Waals surface area contributed by atoms with E-state index >= 15 is 9.59 Å². The van der Waals surface area contributed by atoms with Crippen molar-refractivity contribution in [2.45, 2.75) is 55.9 Å². The fraction of sp³-hybridized carbons (Fsp3) is 0.359. The van der Waals surface area contributed by atoms with E-state index in [2.05, 4.69) is 13.2 Å². The molecule has 9 heteroatoms. The highest BCUT2D eigenvalue weighted by Crippen LogP contribution is 2.65. The Hall–Kier alpha value is -4.24. The normalized spacial score (nSPS) is 26.2. The van der Waals surface area contributed by atoms with Crippen molar-refractivity contribution in [2.24, 2.45) is 11.8 Å². The predicted octanol–water partition coefficient (Wildman–Crippen LogP) is 5.84. The molecule has 3 fully saturated rings. The zero-order chi connectivity index (χ0) is 34.1. The summed E-state index contributed by atoms with van der Waals surface area (Å²) in [6, 6.07) is 24.1. The Balaban J connectivity index is 1.50. The van der Waals surface area contributed by atoms with E-state index in [9.17, 15) is 9.90 Å². The first-order valence-corrected chi connectivity index (χ1v) is 17.0. The Labute approximate surface area is 287 Å². The third-order valence-electron chi connectivity index (χ3n) is 10.4. The maximum absolute atomic E-state index is 15.1. The highest BCUT2D eigenvalue weighted by Gasteiger charge is 2.79. The summed E-state index contributed by atoms with van der Waals surface area (Å²) in [7, 11) is 0. The molecule has 3 aliphatic heterocycles. The fourth-order valence-electron chi connectivity index (χ4n) is 8.32. The Morgan fingerprint density at radius 1 is 0.958 bits per heavy atom. The minimum atomic E-state index is -1.30. The van der Waals surface area contributed by atoms with Crippen LogP contribution in [0, 0.1) is 11.8 Å². The maximum atomic E-state index is 15.1. The Morgan fingerprint density at radius 3 is 2.21 bits per heavy atom. The topological polar surface area (TPSA) is 90.4 Å². The molecule has 0 aliphatic carbocycles. The van der Waals surface area contributed by atoms with Gasteiger partial charge < -0.3 is 24.5 Å². The van der Waals surface area contributed by atoms with Crippen LogP contribution in [0.5, 0.6) is 0 Å². The molecule has 3 aromatic carbocycles. The third kappa shape index (κ3) is 5.46. The molecule has 3 heterocycles. The lowest BCUT2D eigenvalue weighted by molar-refractivity contribution is -0.149. The van der Waals surface area contributed by atoms with Gasteiger partial charge in [0.25, 0.3) is 5.91 Å². The van der Waals surface area contributed by atoms with Crippen molar-refractivity contribution in [3.8, 4) is 0 Å². The van der Waals surface area contributed by atoms with Gasteiger partial charge in [0.15, 0.2) is 0 Å². The van der Waals surface area contributed by atoms with Crippen LogP contribution in [0.1, 0.15) is 31.7 Å². The molecule has 8 nitrogen and oxygen atoms in total. The van der Waals surface area contributed by atoms with Crippen LogP contribution in [0.15, 0.2) is 110 Å². The van der Waals surface area contributed by atoms with Crippen molar-refractivity contribution in [3.63, 3.8) is 0 Å². The van der Waals surface area contributed by atoms with E-state index < -0.39 is 41.0 Å². The molecule has 6 rings (SSSR count). The smallest absolute Gasteiger partial charge is 0.253 e. The van der Waals surface area contributed by atoms with Gasteiger partial charge in [-0.1, -0.05) is 91.3 Å². The molecule has 2 unspecified atom stereocenters. The van der Waals surface area contributed by atoms with E-state index in [1.807, 2.05) is 67.6 Å². The lowest BCUT2D eigenvalue weighted by atomic mass is 9.64. The van der Waals surface area contributed by atoms with Gasteiger partial charge in [0.1, 0.15) is 11.6 Å². The molecule has 0 aromatic heterocycles. The number of aliphatic hydroxyl groups is 1. The molecule has 1 spiro atoms. The largest absolute Gasteiger partial charge is 0.394 e. The van der Waals surface area contributed by atoms with Gasteiger partial charge in [0.2, 0.25) is 11.8 Å². The van der Waals surface area contributed by atoms with Gasteiger partial charge in [0.05, 0.1) is 40.8 Å². The fourth-order valence-corrected chi connectivity index (χ4v) is 8.56. The van der Waals surface area contributed by atoms with Crippen molar-refractivity contribution in [2.75, 3.05) is 29.5 Å². The molecule has 250 valence electrons. The number of ether oxygens (including phenoxy) is 1. The summed E-state index contributed by atoms with van der Waals surface area (Å²) in [5.41, 5.74) is -0.174. The molecule has 0 saturated carbocycles. The van der Waals surface area contributed by atoms with Crippen molar-refractivity contribution < 1.29 is 24.2 Å². The number of rotatable bonds is 13. The van der Waals surface area contributed by atoms with Crippen LogP contribution >= 0.6 is 11.6 Å². The summed E-state index contributed by atoms with van der Waals surface area (Å²) >= 11 is 6.65. The lowest BCUT2D eigenvalue weighted by Gasteiger charge is -2.40. The van der Waals surface area contributed by atoms with Crippen LogP contribution < -0.4 is 9.80 Å². The van der Waals surface area contributed by atoms with Crippen LogP contribution in [0.2, 0.25) is 5.02 Å². The van der Waals surface area contributed by atoms with Crippen LogP contribution in [0.4, 0.5) is 11.4 Å². The number of halogens is 1. The first-order chi connectivity index (χ1) is 23.3. The average molecular weight is 668 g/mol. The van der Waals surface area contributed by atoms with Crippen LogP contribution in [-0.4, -0.2) is 70.7 Å². The number of hydrogen-bond acceptors (Lipinski definition) is 5. The van der Waals surface area contributed by atoms with E-state index in [0.29, 0.717) is 42.1 Å². The first kappa shape index (κ1) is 33.7. The predicted molar refractivity (Wildman–Crippen MR) is 188 cm³/mol. The number of nitrogens with zero attached hydrogens (tertiary/aromatic N) is 3. The quantitative estimate of drug-likeness (QED) is 0.232. The zero-order valence-corrected chi connectivity index (χ0v) is 28.0. The average Bonchev–Trinajstić information content (AvgIpc) is 3.72. The Kier molecular flexibility index (Phi) is 9.61. The van der Waals surface area contributed by atoms with E-state index in [1.54, 1.807) is 41.3 Å². The number of carbonyl (C=O) groups excluding carboxylic acids is 3. The Bertz CT molecular complexity index is 1690. The second-order valence-corrected chi connectivity index (χ2v) is 13.3. The second kappa shape index (κ2) is 13.7. The second-order valence-electron chi connectivity index (χ2n) is 12.9. The molecule has 3 amide bonds. The minimum absolute atomic E-state index is 0.132. The van der Waals surface area contributed by atoms with Crippen molar-refractivity contribution >= 4 is 40.7 Å². The summed E-state index contributed by atoms with van der Waals surface area (Å²) in [5.74, 6) is -2.79. The number of carbonyl (C=O) groups is 3. The van der Waals surface area contributed by atoms with Crippen molar-refractivity contribution in [3.05, 3.63) is 121 Å². The molecular formula is C39H42ClN3O5. The van der Waals surface area contributed by atoms with E-state index in [4.69, 9.17) is 16.3 Å². The number of aliphatic hydroxyl groups excluding tert-OH is 1. The molecule has 3 aliphatic rings. The summed E-state index contributed by atoms with van der Waals surface area (Å²) in [6.07, 6.45) is 5.00. The molecule has 48 heavy (non-hydrogen) atoms. The van der Waals surface area contributed by atoms with Gasteiger partial charge in [-0.3, -0.25) is 14.4 Å². The number of benzene rings is 3. The Morgan fingerprint density at radius 2 is 1.58 bits per heavy atom. The summed E-state index contributed by atoms with van der Waals surface area (Å²) in [6.45, 7) is 9.76. The summed E-state index contributed by atoms with van der Waals surface area (Å²) in [4.78, 5) is 49.8. The first-order valence-electron chi connectivity index (χ1n) is 16.6. The lowest BCUT2D eigenvalue weighted by Crippen LogP contribution is -2.59. The van der Waals surface area contributed by atoms with E-state index in [1.165, 1.54) is 9.80 Å². The number of fused-ring (bicyclic) bond motifs is 1. The molecule has 3 aromatic rings. The molecule has 6 atom stereocenters.